The first-order valence-corrected chi connectivity index (χ1v) is 11.2. The predicted octanol–water partition coefficient (Wildman–Crippen LogP) is 5.68. The van der Waals surface area contributed by atoms with Gasteiger partial charge in [0, 0.05) is 0 Å². The Hall–Kier alpha value is -1.14. The zero-order valence-corrected chi connectivity index (χ0v) is 18.7. The Balaban J connectivity index is 2.90. The van der Waals surface area contributed by atoms with Crippen LogP contribution in [0.4, 0.5) is 0 Å². The minimum atomic E-state index is -1.18. The zero-order valence-electron chi connectivity index (χ0n) is 18.7. The molecule has 0 amide bonds. The van der Waals surface area contributed by atoms with Gasteiger partial charge in [0.1, 0.15) is 6.10 Å². The summed E-state index contributed by atoms with van der Waals surface area (Å²) in [5.74, 6) is -0.913. The SMILES string of the molecule is CCCCC(CC)(C(=O)OOC(=O)C1(CC)OOC1CCC)C(CC)CCC. The van der Waals surface area contributed by atoms with Crippen LogP contribution in [-0.2, 0) is 29.1 Å². The van der Waals surface area contributed by atoms with E-state index in [9.17, 15) is 9.59 Å². The van der Waals surface area contributed by atoms with Crippen LogP contribution in [0.25, 0.3) is 0 Å². The van der Waals surface area contributed by atoms with E-state index < -0.39 is 23.0 Å². The summed E-state index contributed by atoms with van der Waals surface area (Å²) < 4.78 is 0. The molecule has 0 saturated carbocycles. The molecule has 1 heterocycles. The summed E-state index contributed by atoms with van der Waals surface area (Å²) in [5.41, 5.74) is -1.80. The average molecular weight is 401 g/mol. The highest BCUT2D eigenvalue weighted by molar-refractivity contribution is 5.82. The quantitative estimate of drug-likeness (QED) is 0.292. The summed E-state index contributed by atoms with van der Waals surface area (Å²) in [6, 6.07) is 0. The molecule has 1 aliphatic rings. The molecular weight excluding hydrogens is 360 g/mol. The summed E-state index contributed by atoms with van der Waals surface area (Å²) in [4.78, 5) is 46.3. The van der Waals surface area contributed by atoms with Crippen molar-refractivity contribution in [2.24, 2.45) is 11.3 Å². The van der Waals surface area contributed by atoms with Crippen LogP contribution in [0.5, 0.6) is 0 Å². The Labute approximate surface area is 170 Å². The molecule has 1 fully saturated rings. The van der Waals surface area contributed by atoms with E-state index in [1.165, 1.54) is 0 Å². The first-order valence-electron chi connectivity index (χ1n) is 11.2. The van der Waals surface area contributed by atoms with Crippen molar-refractivity contribution >= 4 is 11.9 Å². The molecule has 0 aliphatic carbocycles. The van der Waals surface area contributed by atoms with E-state index in [0.717, 1.165) is 44.9 Å². The number of hydrogen-bond acceptors (Lipinski definition) is 6. The largest absolute Gasteiger partial charge is 0.393 e. The Morgan fingerprint density at radius 1 is 1.04 bits per heavy atom. The van der Waals surface area contributed by atoms with Crippen molar-refractivity contribution in [3.05, 3.63) is 0 Å². The molecule has 0 spiro atoms. The smallest absolute Gasteiger partial charge is 0.247 e. The van der Waals surface area contributed by atoms with Crippen LogP contribution in [0.15, 0.2) is 0 Å². The molecule has 0 bridgehead atoms. The highest BCUT2D eigenvalue weighted by Gasteiger charge is 2.58. The third-order valence-corrected chi connectivity index (χ3v) is 6.37. The maximum absolute atomic E-state index is 13.1. The van der Waals surface area contributed by atoms with Gasteiger partial charge in [-0.25, -0.2) is 29.1 Å². The molecular formula is C22H40O6. The highest BCUT2D eigenvalue weighted by atomic mass is 17.3. The second-order valence-corrected chi connectivity index (χ2v) is 7.95. The summed E-state index contributed by atoms with van der Waals surface area (Å²) in [7, 11) is 0. The number of rotatable bonds is 13. The van der Waals surface area contributed by atoms with Gasteiger partial charge in [0.15, 0.2) is 0 Å². The maximum Gasteiger partial charge on any atom is 0.393 e. The Morgan fingerprint density at radius 2 is 1.75 bits per heavy atom. The van der Waals surface area contributed by atoms with E-state index in [4.69, 9.17) is 19.6 Å². The molecule has 6 nitrogen and oxygen atoms in total. The molecule has 28 heavy (non-hydrogen) atoms. The van der Waals surface area contributed by atoms with Gasteiger partial charge >= 0.3 is 11.9 Å². The van der Waals surface area contributed by atoms with Gasteiger partial charge in [-0.1, -0.05) is 73.6 Å². The molecule has 1 rings (SSSR count). The first kappa shape index (κ1) is 24.9. The summed E-state index contributed by atoms with van der Waals surface area (Å²) in [5, 5.41) is 0. The fraction of sp³-hybridized carbons (Fsp3) is 0.909. The molecule has 6 heteroatoms. The van der Waals surface area contributed by atoms with Gasteiger partial charge in [0.05, 0.1) is 5.41 Å². The lowest BCUT2D eigenvalue weighted by molar-refractivity contribution is -0.502. The van der Waals surface area contributed by atoms with Crippen LogP contribution < -0.4 is 0 Å². The van der Waals surface area contributed by atoms with Crippen LogP contribution in [-0.4, -0.2) is 23.6 Å². The van der Waals surface area contributed by atoms with Crippen molar-refractivity contribution in [1.82, 2.24) is 0 Å². The van der Waals surface area contributed by atoms with Crippen molar-refractivity contribution < 1.29 is 29.1 Å². The second kappa shape index (κ2) is 11.8. The minimum Gasteiger partial charge on any atom is -0.247 e. The standard InChI is InChI=1S/C22H40O6/c1-7-13-16-21(11-5,17(10-4)14-8-2)19(23)26-27-20(24)22(12-6)18(15-9-3)25-28-22/h17-18H,7-16H2,1-6H3. The number of unbranched alkanes of at least 4 members (excludes halogenated alkanes) is 1. The van der Waals surface area contributed by atoms with Gasteiger partial charge in [-0.15, -0.1) is 0 Å². The molecule has 4 unspecified atom stereocenters. The molecule has 0 radical (unpaired) electrons. The van der Waals surface area contributed by atoms with E-state index in [-0.39, 0.29) is 12.0 Å². The lowest BCUT2D eigenvalue weighted by Crippen LogP contribution is -2.62. The normalized spacial score (nSPS) is 24.7. The Morgan fingerprint density at radius 3 is 2.18 bits per heavy atom. The first-order chi connectivity index (χ1) is 13.4. The third kappa shape index (κ3) is 5.07. The summed E-state index contributed by atoms with van der Waals surface area (Å²) >= 11 is 0. The molecule has 164 valence electrons. The van der Waals surface area contributed by atoms with Gasteiger partial charge in [0.2, 0.25) is 5.60 Å². The topological polar surface area (TPSA) is 71.1 Å². The minimum absolute atomic E-state index is 0.205. The van der Waals surface area contributed by atoms with Crippen LogP contribution in [0.1, 0.15) is 106 Å². The lowest BCUT2D eigenvalue weighted by Gasteiger charge is -2.43. The molecule has 0 aromatic carbocycles. The third-order valence-electron chi connectivity index (χ3n) is 6.37. The Bertz CT molecular complexity index is 489. The molecule has 1 aliphatic heterocycles. The second-order valence-electron chi connectivity index (χ2n) is 7.95. The van der Waals surface area contributed by atoms with Gasteiger partial charge in [0.25, 0.3) is 0 Å². The molecule has 0 N–H and O–H groups in total. The van der Waals surface area contributed by atoms with E-state index in [0.29, 0.717) is 19.3 Å². The van der Waals surface area contributed by atoms with Crippen LogP contribution in [0.3, 0.4) is 0 Å². The van der Waals surface area contributed by atoms with Gasteiger partial charge in [-0.3, -0.25) is 0 Å². The molecule has 0 aromatic heterocycles. The number of hydrogen-bond donors (Lipinski definition) is 0. The van der Waals surface area contributed by atoms with Crippen molar-refractivity contribution in [2.75, 3.05) is 0 Å². The van der Waals surface area contributed by atoms with Crippen molar-refractivity contribution in [3.63, 3.8) is 0 Å². The monoisotopic (exact) mass is 400 g/mol. The van der Waals surface area contributed by atoms with Crippen LogP contribution >= 0.6 is 0 Å². The van der Waals surface area contributed by atoms with Crippen molar-refractivity contribution in [2.45, 2.75) is 117 Å². The van der Waals surface area contributed by atoms with Crippen LogP contribution in [0, 0.1) is 11.3 Å². The van der Waals surface area contributed by atoms with E-state index in [2.05, 4.69) is 20.8 Å². The number of carbonyl (C=O) groups excluding carboxylic acids is 2. The number of carbonyl (C=O) groups is 2. The van der Waals surface area contributed by atoms with Crippen molar-refractivity contribution in [3.8, 4) is 0 Å². The van der Waals surface area contributed by atoms with Crippen molar-refractivity contribution in [1.29, 1.82) is 0 Å². The molecule has 0 aromatic rings. The van der Waals surface area contributed by atoms with Gasteiger partial charge in [-0.2, -0.15) is 0 Å². The molecule has 4 atom stereocenters. The van der Waals surface area contributed by atoms with Crippen LogP contribution in [0.2, 0.25) is 0 Å². The zero-order chi connectivity index (χ0) is 21.2. The fourth-order valence-corrected chi connectivity index (χ4v) is 4.40. The van der Waals surface area contributed by atoms with Gasteiger partial charge in [-0.05, 0) is 38.0 Å². The van der Waals surface area contributed by atoms with E-state index >= 15 is 0 Å². The van der Waals surface area contributed by atoms with E-state index in [1.54, 1.807) is 0 Å². The highest BCUT2D eigenvalue weighted by Crippen LogP contribution is 2.43. The maximum atomic E-state index is 13.1. The lowest BCUT2D eigenvalue weighted by atomic mass is 9.67. The van der Waals surface area contributed by atoms with E-state index in [1.807, 2.05) is 20.8 Å². The Kier molecular flexibility index (Phi) is 10.5. The summed E-state index contributed by atoms with van der Waals surface area (Å²) in [6.07, 6.45) is 7.76. The fourth-order valence-electron chi connectivity index (χ4n) is 4.40. The summed E-state index contributed by atoms with van der Waals surface area (Å²) in [6.45, 7) is 12.2. The van der Waals surface area contributed by atoms with Gasteiger partial charge < -0.3 is 0 Å². The average Bonchev–Trinajstić information content (AvgIpc) is 2.70. The molecule has 1 saturated heterocycles. The predicted molar refractivity (Wildman–Crippen MR) is 107 cm³/mol.